The topological polar surface area (TPSA) is 64.4 Å². The zero-order valence-corrected chi connectivity index (χ0v) is 11.2. The normalized spacial score (nSPS) is 10.3. The summed E-state index contributed by atoms with van der Waals surface area (Å²) in [6.07, 6.45) is 0. The minimum absolute atomic E-state index is 0.0932. The van der Waals surface area contributed by atoms with E-state index in [1.165, 1.54) is 6.92 Å². The molecule has 0 aliphatic heterocycles. The summed E-state index contributed by atoms with van der Waals surface area (Å²) < 4.78 is 10.7. The van der Waals surface area contributed by atoms with Crippen LogP contribution >= 0.6 is 0 Å². The van der Waals surface area contributed by atoms with E-state index in [0.29, 0.717) is 6.61 Å². The molecule has 0 saturated heterocycles. The molecule has 0 aliphatic carbocycles. The van der Waals surface area contributed by atoms with E-state index in [2.05, 4.69) is 10.5 Å². The van der Waals surface area contributed by atoms with E-state index in [0.717, 1.165) is 28.5 Å². The molecule has 1 amide bonds. The second-order valence-corrected chi connectivity index (χ2v) is 4.30. The summed E-state index contributed by atoms with van der Waals surface area (Å²) in [5, 5.41) is 6.57. The third-order valence-electron chi connectivity index (χ3n) is 2.74. The fourth-order valence-corrected chi connectivity index (χ4v) is 1.70. The number of aromatic nitrogens is 1. The molecule has 1 N–H and O–H groups in total. The van der Waals surface area contributed by atoms with Crippen molar-refractivity contribution in [2.75, 3.05) is 5.32 Å². The maximum absolute atomic E-state index is 10.9. The SMILES string of the molecule is CC(=O)Nc1ccc(OCc2c(C)noc2C)cc1. The van der Waals surface area contributed by atoms with Gasteiger partial charge in [-0.25, -0.2) is 0 Å². The number of benzene rings is 1. The molecule has 0 bridgehead atoms. The number of amides is 1. The van der Waals surface area contributed by atoms with Gasteiger partial charge in [0.25, 0.3) is 0 Å². The highest BCUT2D eigenvalue weighted by Crippen LogP contribution is 2.19. The maximum atomic E-state index is 10.9. The average molecular weight is 260 g/mol. The molecular formula is C14H16N2O3. The van der Waals surface area contributed by atoms with Gasteiger partial charge in [0.05, 0.1) is 11.3 Å². The molecule has 0 atom stereocenters. The van der Waals surface area contributed by atoms with Crippen molar-refractivity contribution in [2.24, 2.45) is 0 Å². The number of ether oxygens (including phenoxy) is 1. The van der Waals surface area contributed by atoms with E-state index in [-0.39, 0.29) is 5.91 Å². The van der Waals surface area contributed by atoms with Gasteiger partial charge < -0.3 is 14.6 Å². The molecule has 0 radical (unpaired) electrons. The van der Waals surface area contributed by atoms with Gasteiger partial charge >= 0.3 is 0 Å². The van der Waals surface area contributed by atoms with Crippen molar-refractivity contribution in [1.29, 1.82) is 0 Å². The second-order valence-electron chi connectivity index (χ2n) is 4.30. The van der Waals surface area contributed by atoms with Gasteiger partial charge in [-0.2, -0.15) is 0 Å². The summed E-state index contributed by atoms with van der Waals surface area (Å²) >= 11 is 0. The van der Waals surface area contributed by atoms with Crippen LogP contribution in [0.3, 0.4) is 0 Å². The zero-order chi connectivity index (χ0) is 13.8. The van der Waals surface area contributed by atoms with Gasteiger partial charge in [0, 0.05) is 12.6 Å². The van der Waals surface area contributed by atoms with E-state index >= 15 is 0 Å². The van der Waals surface area contributed by atoms with Gasteiger partial charge in [-0.1, -0.05) is 5.16 Å². The molecule has 0 spiro atoms. The van der Waals surface area contributed by atoms with Gasteiger partial charge in [-0.3, -0.25) is 4.79 Å². The van der Waals surface area contributed by atoms with Crippen molar-refractivity contribution < 1.29 is 14.1 Å². The van der Waals surface area contributed by atoms with Crippen LogP contribution in [0.5, 0.6) is 5.75 Å². The van der Waals surface area contributed by atoms with Gasteiger partial charge in [-0.05, 0) is 38.1 Å². The predicted octanol–water partition coefficient (Wildman–Crippen LogP) is 2.83. The minimum Gasteiger partial charge on any atom is -0.489 e. The van der Waals surface area contributed by atoms with E-state index in [9.17, 15) is 4.79 Å². The molecule has 0 fully saturated rings. The number of hydrogen-bond donors (Lipinski definition) is 1. The highest BCUT2D eigenvalue weighted by molar-refractivity contribution is 5.88. The Bertz CT molecular complexity index is 553. The Hall–Kier alpha value is -2.30. The third kappa shape index (κ3) is 3.34. The molecule has 0 unspecified atom stereocenters. The molecule has 1 heterocycles. The van der Waals surface area contributed by atoms with Crippen LogP contribution in [0.1, 0.15) is 23.9 Å². The lowest BCUT2D eigenvalue weighted by Gasteiger charge is -2.07. The van der Waals surface area contributed by atoms with Crippen LogP contribution in [0.15, 0.2) is 28.8 Å². The number of hydrogen-bond acceptors (Lipinski definition) is 4. The highest BCUT2D eigenvalue weighted by Gasteiger charge is 2.09. The van der Waals surface area contributed by atoms with E-state index < -0.39 is 0 Å². The van der Waals surface area contributed by atoms with Crippen molar-refractivity contribution in [1.82, 2.24) is 5.16 Å². The van der Waals surface area contributed by atoms with Gasteiger partial charge in [-0.15, -0.1) is 0 Å². The largest absolute Gasteiger partial charge is 0.489 e. The Kier molecular flexibility index (Phi) is 3.85. The van der Waals surface area contributed by atoms with Crippen molar-refractivity contribution in [3.8, 4) is 5.75 Å². The van der Waals surface area contributed by atoms with Crippen LogP contribution in [0.2, 0.25) is 0 Å². The molecule has 0 aliphatic rings. The zero-order valence-electron chi connectivity index (χ0n) is 11.2. The second kappa shape index (κ2) is 5.56. The molecule has 19 heavy (non-hydrogen) atoms. The third-order valence-corrected chi connectivity index (χ3v) is 2.74. The van der Waals surface area contributed by atoms with Crippen molar-refractivity contribution in [3.05, 3.63) is 41.3 Å². The van der Waals surface area contributed by atoms with Crippen LogP contribution in [0.4, 0.5) is 5.69 Å². The lowest BCUT2D eigenvalue weighted by atomic mass is 10.2. The number of carbonyl (C=O) groups is 1. The van der Waals surface area contributed by atoms with E-state index in [4.69, 9.17) is 9.26 Å². The summed E-state index contributed by atoms with van der Waals surface area (Å²) in [7, 11) is 0. The Balaban J connectivity index is 1.98. The number of nitrogens with zero attached hydrogens (tertiary/aromatic N) is 1. The summed E-state index contributed by atoms with van der Waals surface area (Å²) in [5.41, 5.74) is 2.55. The van der Waals surface area contributed by atoms with Crippen LogP contribution in [0.25, 0.3) is 0 Å². The maximum Gasteiger partial charge on any atom is 0.221 e. The fraction of sp³-hybridized carbons (Fsp3) is 0.286. The Morgan fingerprint density at radius 1 is 1.32 bits per heavy atom. The lowest BCUT2D eigenvalue weighted by Crippen LogP contribution is -2.05. The first-order valence-corrected chi connectivity index (χ1v) is 5.98. The number of nitrogens with one attached hydrogen (secondary N) is 1. The molecule has 5 heteroatoms. The highest BCUT2D eigenvalue weighted by atomic mass is 16.5. The molecule has 0 saturated carbocycles. The molecular weight excluding hydrogens is 244 g/mol. The van der Waals surface area contributed by atoms with E-state index in [1.54, 1.807) is 12.1 Å². The van der Waals surface area contributed by atoms with Crippen LogP contribution in [0, 0.1) is 13.8 Å². The van der Waals surface area contributed by atoms with Gasteiger partial charge in [0.2, 0.25) is 5.91 Å². The molecule has 2 rings (SSSR count). The van der Waals surface area contributed by atoms with Crippen molar-refractivity contribution >= 4 is 11.6 Å². The van der Waals surface area contributed by atoms with E-state index in [1.807, 2.05) is 26.0 Å². The smallest absolute Gasteiger partial charge is 0.221 e. The first kappa shape index (κ1) is 13.1. The number of anilines is 1. The fourth-order valence-electron chi connectivity index (χ4n) is 1.70. The molecule has 1 aromatic heterocycles. The molecule has 5 nitrogen and oxygen atoms in total. The van der Waals surface area contributed by atoms with Crippen LogP contribution in [-0.4, -0.2) is 11.1 Å². The van der Waals surface area contributed by atoms with Crippen LogP contribution in [-0.2, 0) is 11.4 Å². The summed E-state index contributed by atoms with van der Waals surface area (Å²) in [6, 6.07) is 7.21. The standard InChI is InChI=1S/C14H16N2O3/c1-9-14(10(2)19-16-9)8-18-13-6-4-12(5-7-13)15-11(3)17/h4-7H,8H2,1-3H3,(H,15,17). The van der Waals surface area contributed by atoms with Crippen LogP contribution < -0.4 is 10.1 Å². The quantitative estimate of drug-likeness (QED) is 0.918. The summed E-state index contributed by atoms with van der Waals surface area (Å²) in [4.78, 5) is 10.9. The lowest BCUT2D eigenvalue weighted by molar-refractivity contribution is -0.114. The minimum atomic E-state index is -0.0932. The summed E-state index contributed by atoms with van der Waals surface area (Å²) in [6.45, 7) is 5.64. The summed E-state index contributed by atoms with van der Waals surface area (Å²) in [5.74, 6) is 1.41. The van der Waals surface area contributed by atoms with Gasteiger partial charge in [0.1, 0.15) is 18.1 Å². The van der Waals surface area contributed by atoms with Crippen molar-refractivity contribution in [3.63, 3.8) is 0 Å². The Morgan fingerprint density at radius 3 is 2.53 bits per heavy atom. The van der Waals surface area contributed by atoms with Gasteiger partial charge in [0.15, 0.2) is 0 Å². The average Bonchev–Trinajstić information content (AvgIpc) is 2.68. The predicted molar refractivity (Wildman–Crippen MR) is 71.1 cm³/mol. The first-order chi connectivity index (χ1) is 9.06. The number of rotatable bonds is 4. The monoisotopic (exact) mass is 260 g/mol. The molecule has 2 aromatic rings. The molecule has 1 aromatic carbocycles. The Morgan fingerprint density at radius 2 is 2.00 bits per heavy atom. The Labute approximate surface area is 111 Å². The molecule has 100 valence electrons. The van der Waals surface area contributed by atoms with Crippen molar-refractivity contribution in [2.45, 2.75) is 27.4 Å². The number of aryl methyl sites for hydroxylation is 2. The number of carbonyl (C=O) groups excluding carboxylic acids is 1. The first-order valence-electron chi connectivity index (χ1n) is 5.98.